The maximum Gasteiger partial charge on any atom is 0.220 e. The zero-order valence-electron chi connectivity index (χ0n) is 12.2. The van der Waals surface area contributed by atoms with Crippen LogP contribution in [0.25, 0.3) is 10.9 Å². The average Bonchev–Trinajstić information content (AvgIpc) is 2.55. The maximum atomic E-state index is 5.65. The molecule has 1 aliphatic rings. The minimum absolute atomic E-state index is 0.364. The zero-order valence-corrected chi connectivity index (χ0v) is 12.2. The van der Waals surface area contributed by atoms with E-state index in [1.807, 2.05) is 18.3 Å². The average molecular weight is 291 g/mol. The third-order valence-corrected chi connectivity index (χ3v) is 4.07. The summed E-state index contributed by atoms with van der Waals surface area (Å²) in [5.74, 6) is 0.364. The lowest BCUT2D eigenvalue weighted by atomic mass is 10.1. The third kappa shape index (κ3) is 2.51. The highest BCUT2D eigenvalue weighted by molar-refractivity contribution is 5.78. The number of nitrogens with two attached hydrogens (primary N) is 1. The minimum Gasteiger partial charge on any atom is -0.368 e. The van der Waals surface area contributed by atoms with Crippen molar-refractivity contribution in [3.63, 3.8) is 0 Å². The maximum absolute atomic E-state index is 5.65. The molecule has 110 valence electrons. The second-order valence-corrected chi connectivity index (χ2v) is 5.66. The van der Waals surface area contributed by atoms with Gasteiger partial charge in [-0.3, -0.25) is 9.88 Å². The van der Waals surface area contributed by atoms with Crippen LogP contribution in [-0.2, 0) is 19.5 Å². The fourth-order valence-electron chi connectivity index (χ4n) is 2.95. The highest BCUT2D eigenvalue weighted by atomic mass is 15.1. The first-order valence-electron chi connectivity index (χ1n) is 7.45. The van der Waals surface area contributed by atoms with Gasteiger partial charge in [-0.05, 0) is 12.1 Å². The molecule has 4 rings (SSSR count). The van der Waals surface area contributed by atoms with Crippen molar-refractivity contribution in [2.24, 2.45) is 0 Å². The Morgan fingerprint density at radius 2 is 2.00 bits per heavy atom. The second-order valence-electron chi connectivity index (χ2n) is 5.66. The van der Waals surface area contributed by atoms with E-state index in [0.29, 0.717) is 5.95 Å². The van der Waals surface area contributed by atoms with Gasteiger partial charge in [0.2, 0.25) is 5.95 Å². The van der Waals surface area contributed by atoms with Gasteiger partial charge < -0.3 is 5.73 Å². The minimum atomic E-state index is 0.364. The van der Waals surface area contributed by atoms with E-state index < -0.39 is 0 Å². The number of para-hydroxylation sites is 1. The van der Waals surface area contributed by atoms with Crippen LogP contribution in [0.3, 0.4) is 0 Å². The van der Waals surface area contributed by atoms with Gasteiger partial charge in [0.25, 0.3) is 0 Å². The van der Waals surface area contributed by atoms with E-state index in [9.17, 15) is 0 Å². The van der Waals surface area contributed by atoms with Gasteiger partial charge >= 0.3 is 0 Å². The number of benzene rings is 1. The van der Waals surface area contributed by atoms with Crippen LogP contribution >= 0.6 is 0 Å². The lowest BCUT2D eigenvalue weighted by molar-refractivity contribution is 0.240. The van der Waals surface area contributed by atoms with Crippen molar-refractivity contribution in [2.75, 3.05) is 12.3 Å². The van der Waals surface area contributed by atoms with Gasteiger partial charge in [0.15, 0.2) is 0 Å². The Morgan fingerprint density at radius 1 is 1.09 bits per heavy atom. The molecule has 0 saturated heterocycles. The van der Waals surface area contributed by atoms with E-state index in [1.54, 1.807) is 0 Å². The summed E-state index contributed by atoms with van der Waals surface area (Å²) in [4.78, 5) is 15.5. The van der Waals surface area contributed by atoms with Crippen LogP contribution < -0.4 is 5.73 Å². The van der Waals surface area contributed by atoms with E-state index >= 15 is 0 Å². The number of hydrogen-bond donors (Lipinski definition) is 1. The predicted molar refractivity (Wildman–Crippen MR) is 86.0 cm³/mol. The molecule has 1 aliphatic heterocycles. The van der Waals surface area contributed by atoms with Gasteiger partial charge in [-0.25, -0.2) is 9.97 Å². The Kier molecular flexibility index (Phi) is 3.20. The van der Waals surface area contributed by atoms with Crippen molar-refractivity contribution >= 4 is 16.9 Å². The van der Waals surface area contributed by atoms with E-state index in [0.717, 1.165) is 43.0 Å². The molecule has 0 amide bonds. The molecule has 0 saturated carbocycles. The quantitative estimate of drug-likeness (QED) is 0.783. The van der Waals surface area contributed by atoms with Crippen LogP contribution in [0.15, 0.2) is 42.6 Å². The Hall–Kier alpha value is -2.53. The summed E-state index contributed by atoms with van der Waals surface area (Å²) in [7, 11) is 0. The first kappa shape index (κ1) is 13.2. The van der Waals surface area contributed by atoms with Crippen LogP contribution in [0.2, 0.25) is 0 Å². The number of fused-ring (bicyclic) bond motifs is 2. The number of nitrogen functional groups attached to an aromatic ring is 1. The number of aromatic nitrogens is 3. The molecule has 5 nitrogen and oxygen atoms in total. The summed E-state index contributed by atoms with van der Waals surface area (Å²) in [6, 6.07) is 12.5. The van der Waals surface area contributed by atoms with Gasteiger partial charge in [0.05, 0.1) is 16.9 Å². The molecule has 3 aromatic rings. The Labute approximate surface area is 128 Å². The highest BCUT2D eigenvalue weighted by Gasteiger charge is 2.18. The predicted octanol–water partition coefficient (Wildman–Crippen LogP) is 2.17. The lowest BCUT2D eigenvalue weighted by Gasteiger charge is -2.27. The molecule has 0 spiro atoms. The number of rotatable bonds is 2. The molecule has 0 unspecified atom stereocenters. The summed E-state index contributed by atoms with van der Waals surface area (Å²) in [6.07, 6.45) is 2.76. The molecule has 0 aliphatic carbocycles. The molecular weight excluding hydrogens is 274 g/mol. The van der Waals surface area contributed by atoms with Gasteiger partial charge in [0.1, 0.15) is 0 Å². The number of hydrogen-bond acceptors (Lipinski definition) is 5. The molecule has 3 heterocycles. The fourth-order valence-corrected chi connectivity index (χ4v) is 2.95. The van der Waals surface area contributed by atoms with Crippen molar-refractivity contribution in [1.29, 1.82) is 0 Å². The summed E-state index contributed by atoms with van der Waals surface area (Å²) < 4.78 is 0. The molecule has 1 aromatic carbocycles. The van der Waals surface area contributed by atoms with Crippen molar-refractivity contribution in [3.8, 4) is 0 Å². The Morgan fingerprint density at radius 3 is 2.95 bits per heavy atom. The van der Waals surface area contributed by atoms with Crippen LogP contribution in [0.5, 0.6) is 0 Å². The number of anilines is 1. The van der Waals surface area contributed by atoms with E-state index in [4.69, 9.17) is 10.7 Å². The van der Waals surface area contributed by atoms with Crippen molar-refractivity contribution < 1.29 is 0 Å². The van der Waals surface area contributed by atoms with E-state index in [-0.39, 0.29) is 0 Å². The first-order chi connectivity index (χ1) is 10.8. The number of nitrogens with zero attached hydrogens (tertiary/aromatic N) is 4. The topological polar surface area (TPSA) is 67.9 Å². The van der Waals surface area contributed by atoms with Gasteiger partial charge in [0, 0.05) is 43.2 Å². The van der Waals surface area contributed by atoms with Crippen LogP contribution in [-0.4, -0.2) is 26.4 Å². The normalized spacial score (nSPS) is 14.9. The van der Waals surface area contributed by atoms with Crippen LogP contribution in [0.4, 0.5) is 5.95 Å². The molecule has 0 radical (unpaired) electrons. The molecule has 2 N–H and O–H groups in total. The zero-order chi connectivity index (χ0) is 14.9. The van der Waals surface area contributed by atoms with Crippen LogP contribution in [0, 0.1) is 0 Å². The summed E-state index contributed by atoms with van der Waals surface area (Å²) in [5, 5.41) is 1.18. The Bertz CT molecular complexity index is 830. The largest absolute Gasteiger partial charge is 0.368 e. The summed E-state index contributed by atoms with van der Waals surface area (Å²) in [6.45, 7) is 2.66. The summed E-state index contributed by atoms with van der Waals surface area (Å²) >= 11 is 0. The van der Waals surface area contributed by atoms with E-state index in [2.05, 4.69) is 39.1 Å². The SMILES string of the molecule is Nc1ncc2c(n1)CCN(Cc1ccc3ccccc3n1)C2. The highest BCUT2D eigenvalue weighted by Crippen LogP contribution is 2.19. The molecule has 2 aromatic heterocycles. The smallest absolute Gasteiger partial charge is 0.220 e. The fraction of sp³-hybridized carbons (Fsp3) is 0.235. The lowest BCUT2D eigenvalue weighted by Crippen LogP contribution is -2.31. The molecule has 0 bridgehead atoms. The second kappa shape index (κ2) is 5.35. The van der Waals surface area contributed by atoms with Crippen molar-refractivity contribution in [1.82, 2.24) is 19.9 Å². The number of pyridine rings is 1. The van der Waals surface area contributed by atoms with E-state index in [1.165, 1.54) is 10.9 Å². The Balaban J connectivity index is 1.54. The molecule has 22 heavy (non-hydrogen) atoms. The monoisotopic (exact) mass is 291 g/mol. The van der Waals surface area contributed by atoms with Crippen LogP contribution in [0.1, 0.15) is 17.0 Å². The van der Waals surface area contributed by atoms with Crippen molar-refractivity contribution in [3.05, 3.63) is 59.5 Å². The van der Waals surface area contributed by atoms with Gasteiger partial charge in [-0.15, -0.1) is 0 Å². The summed E-state index contributed by atoms with van der Waals surface area (Å²) in [5.41, 5.74) is 10.0. The molecule has 0 fully saturated rings. The molecule has 5 heteroatoms. The standard InChI is InChI=1S/C17H17N5/c18-17-19-9-13-10-22(8-7-16(13)21-17)11-14-6-5-12-3-1-2-4-15(12)20-14/h1-6,9H,7-8,10-11H2,(H2,18,19,21). The van der Waals surface area contributed by atoms with Gasteiger partial charge in [-0.2, -0.15) is 0 Å². The molecular formula is C17H17N5. The van der Waals surface area contributed by atoms with Crippen molar-refractivity contribution in [2.45, 2.75) is 19.5 Å². The molecule has 0 atom stereocenters. The van der Waals surface area contributed by atoms with Gasteiger partial charge in [-0.1, -0.05) is 24.3 Å². The third-order valence-electron chi connectivity index (χ3n) is 4.07. The first-order valence-corrected chi connectivity index (χ1v) is 7.45.